The van der Waals surface area contributed by atoms with Gasteiger partial charge in [-0.05, 0) is 49.6 Å². The fourth-order valence-corrected chi connectivity index (χ4v) is 3.20. The van der Waals surface area contributed by atoms with Crippen molar-refractivity contribution >= 4 is 22.9 Å². The maximum absolute atomic E-state index is 12.5. The molecule has 0 radical (unpaired) electrons. The Bertz CT molecular complexity index is 615. The fourth-order valence-electron chi connectivity index (χ4n) is 2.38. The Morgan fingerprint density at radius 3 is 2.78 bits per heavy atom. The number of amides is 1. The van der Waals surface area contributed by atoms with Crippen LogP contribution in [-0.2, 0) is 6.42 Å². The molecule has 1 aromatic carbocycles. The fraction of sp³-hybridized carbons (Fsp3) is 0.267. The van der Waals surface area contributed by atoms with E-state index in [9.17, 15) is 4.79 Å². The molecule has 2 heterocycles. The summed E-state index contributed by atoms with van der Waals surface area (Å²) in [4.78, 5) is 16.4. The molecule has 1 aromatic heterocycles. The van der Waals surface area contributed by atoms with Crippen molar-refractivity contribution in [3.63, 3.8) is 0 Å². The van der Waals surface area contributed by atoms with Crippen LogP contribution in [-0.4, -0.2) is 12.5 Å². The molecule has 0 fully saturated rings. The first-order valence-corrected chi connectivity index (χ1v) is 6.94. The summed E-state index contributed by atoms with van der Waals surface area (Å²) >= 11 is 1.57. The van der Waals surface area contributed by atoms with Crippen molar-refractivity contribution in [1.29, 1.82) is 0 Å². The Labute approximate surface area is 111 Å². The average molecular weight is 257 g/mol. The highest BCUT2D eigenvalue weighted by molar-refractivity contribution is 7.14. The third-order valence-electron chi connectivity index (χ3n) is 3.33. The van der Waals surface area contributed by atoms with Gasteiger partial charge < -0.3 is 4.90 Å². The van der Waals surface area contributed by atoms with Crippen LogP contribution in [0.15, 0.2) is 30.3 Å². The topological polar surface area (TPSA) is 20.3 Å². The van der Waals surface area contributed by atoms with E-state index in [1.54, 1.807) is 11.3 Å². The van der Waals surface area contributed by atoms with Crippen molar-refractivity contribution in [3.8, 4) is 0 Å². The van der Waals surface area contributed by atoms with Crippen LogP contribution in [0.1, 0.15) is 25.7 Å². The molecule has 3 rings (SSSR count). The number of carbonyl (C=O) groups is 1. The molecule has 2 nitrogen and oxygen atoms in total. The summed E-state index contributed by atoms with van der Waals surface area (Å²) in [6.07, 6.45) is 0.964. The first-order chi connectivity index (χ1) is 8.65. The van der Waals surface area contributed by atoms with Crippen LogP contribution in [0.4, 0.5) is 5.69 Å². The zero-order chi connectivity index (χ0) is 12.7. The maximum Gasteiger partial charge on any atom is 0.268 e. The van der Waals surface area contributed by atoms with E-state index in [1.807, 2.05) is 24.0 Å². The molecule has 0 saturated carbocycles. The summed E-state index contributed by atoms with van der Waals surface area (Å²) in [5.74, 6) is 0.137. The monoisotopic (exact) mass is 257 g/mol. The molecule has 0 spiro atoms. The molecule has 2 aromatic rings. The van der Waals surface area contributed by atoms with Gasteiger partial charge in [-0.15, -0.1) is 11.3 Å². The van der Waals surface area contributed by atoms with E-state index in [4.69, 9.17) is 0 Å². The molecule has 1 aliphatic rings. The lowest BCUT2D eigenvalue weighted by atomic mass is 10.1. The SMILES string of the molecule is Cc1ccc2c(c1)N(C(=O)c1ccc(C)s1)CC2. The maximum atomic E-state index is 12.5. The van der Waals surface area contributed by atoms with Gasteiger partial charge in [-0.1, -0.05) is 12.1 Å². The summed E-state index contributed by atoms with van der Waals surface area (Å²) in [6, 6.07) is 10.3. The average Bonchev–Trinajstić information content (AvgIpc) is 2.94. The number of anilines is 1. The van der Waals surface area contributed by atoms with Gasteiger partial charge in [-0.2, -0.15) is 0 Å². The molecule has 18 heavy (non-hydrogen) atoms. The molecule has 0 saturated heterocycles. The number of benzene rings is 1. The largest absolute Gasteiger partial charge is 0.307 e. The highest BCUT2D eigenvalue weighted by Crippen LogP contribution is 2.31. The highest BCUT2D eigenvalue weighted by Gasteiger charge is 2.26. The first kappa shape index (κ1) is 11.5. The zero-order valence-electron chi connectivity index (χ0n) is 10.6. The number of hydrogen-bond acceptors (Lipinski definition) is 2. The van der Waals surface area contributed by atoms with Crippen molar-refractivity contribution in [1.82, 2.24) is 0 Å². The molecule has 3 heteroatoms. The Balaban J connectivity index is 1.96. The van der Waals surface area contributed by atoms with Crippen molar-refractivity contribution < 1.29 is 4.79 Å². The van der Waals surface area contributed by atoms with Crippen LogP contribution in [0.25, 0.3) is 0 Å². The van der Waals surface area contributed by atoms with Crippen LogP contribution in [0.5, 0.6) is 0 Å². The molecular formula is C15H15NOS. The predicted molar refractivity (Wildman–Crippen MR) is 75.6 cm³/mol. The summed E-state index contributed by atoms with van der Waals surface area (Å²) in [6.45, 7) is 4.90. The Hall–Kier alpha value is -1.61. The van der Waals surface area contributed by atoms with Gasteiger partial charge in [0.05, 0.1) is 4.88 Å². The predicted octanol–water partition coefficient (Wildman–Crippen LogP) is 3.57. The molecule has 0 N–H and O–H groups in total. The third kappa shape index (κ3) is 1.85. The molecule has 0 aliphatic carbocycles. The molecule has 1 amide bonds. The summed E-state index contributed by atoms with van der Waals surface area (Å²) < 4.78 is 0. The van der Waals surface area contributed by atoms with Crippen molar-refractivity contribution in [2.45, 2.75) is 20.3 Å². The van der Waals surface area contributed by atoms with Crippen molar-refractivity contribution in [3.05, 3.63) is 51.2 Å². The minimum atomic E-state index is 0.137. The number of carbonyl (C=O) groups excluding carboxylic acids is 1. The lowest BCUT2D eigenvalue weighted by Crippen LogP contribution is -2.28. The van der Waals surface area contributed by atoms with Gasteiger partial charge in [-0.25, -0.2) is 0 Å². The minimum absolute atomic E-state index is 0.137. The van der Waals surface area contributed by atoms with Crippen LogP contribution >= 0.6 is 11.3 Å². The molecule has 0 unspecified atom stereocenters. The van der Waals surface area contributed by atoms with Crippen LogP contribution in [0.2, 0.25) is 0 Å². The van der Waals surface area contributed by atoms with Crippen molar-refractivity contribution in [2.24, 2.45) is 0 Å². The Morgan fingerprint density at radius 1 is 1.22 bits per heavy atom. The van der Waals surface area contributed by atoms with Gasteiger partial charge in [0.25, 0.3) is 5.91 Å². The lowest BCUT2D eigenvalue weighted by molar-refractivity contribution is 0.0993. The van der Waals surface area contributed by atoms with Gasteiger partial charge in [0.15, 0.2) is 0 Å². The number of fused-ring (bicyclic) bond motifs is 1. The van der Waals surface area contributed by atoms with Gasteiger partial charge in [-0.3, -0.25) is 4.79 Å². The lowest BCUT2D eigenvalue weighted by Gasteiger charge is -2.16. The van der Waals surface area contributed by atoms with E-state index in [2.05, 4.69) is 25.1 Å². The number of rotatable bonds is 1. The van der Waals surface area contributed by atoms with Crippen LogP contribution in [0, 0.1) is 13.8 Å². The molecule has 92 valence electrons. The number of thiophene rings is 1. The number of hydrogen-bond donors (Lipinski definition) is 0. The second-order valence-electron chi connectivity index (χ2n) is 4.75. The minimum Gasteiger partial charge on any atom is -0.307 e. The standard InChI is InChI=1S/C15H15NOS/c1-10-3-5-12-7-8-16(13(12)9-10)15(17)14-6-4-11(2)18-14/h3-6,9H,7-8H2,1-2H3. The smallest absolute Gasteiger partial charge is 0.268 e. The van der Waals surface area contributed by atoms with Crippen molar-refractivity contribution in [2.75, 3.05) is 11.4 Å². The van der Waals surface area contributed by atoms with Crippen LogP contribution < -0.4 is 4.90 Å². The molecular weight excluding hydrogens is 242 g/mol. The molecule has 0 atom stereocenters. The second kappa shape index (κ2) is 4.25. The van der Waals surface area contributed by atoms with E-state index in [1.165, 1.54) is 16.0 Å². The van der Waals surface area contributed by atoms with Gasteiger partial charge in [0.2, 0.25) is 0 Å². The summed E-state index contributed by atoms with van der Waals surface area (Å²) in [7, 11) is 0. The van der Waals surface area contributed by atoms with E-state index < -0.39 is 0 Å². The Morgan fingerprint density at radius 2 is 2.06 bits per heavy atom. The molecule has 1 aliphatic heterocycles. The van der Waals surface area contributed by atoms with E-state index >= 15 is 0 Å². The van der Waals surface area contributed by atoms with Gasteiger partial charge in [0.1, 0.15) is 0 Å². The van der Waals surface area contributed by atoms with E-state index in [0.717, 1.165) is 23.5 Å². The number of aryl methyl sites for hydroxylation is 2. The Kier molecular flexibility index (Phi) is 2.71. The highest BCUT2D eigenvalue weighted by atomic mass is 32.1. The number of nitrogens with zero attached hydrogens (tertiary/aromatic N) is 1. The zero-order valence-corrected chi connectivity index (χ0v) is 11.4. The van der Waals surface area contributed by atoms with E-state index in [0.29, 0.717) is 0 Å². The normalized spacial score (nSPS) is 13.8. The third-order valence-corrected chi connectivity index (χ3v) is 4.32. The summed E-state index contributed by atoms with van der Waals surface area (Å²) in [5, 5.41) is 0. The quantitative estimate of drug-likeness (QED) is 0.765. The van der Waals surface area contributed by atoms with E-state index in [-0.39, 0.29) is 5.91 Å². The van der Waals surface area contributed by atoms with Crippen LogP contribution in [0.3, 0.4) is 0 Å². The van der Waals surface area contributed by atoms with Gasteiger partial charge in [0, 0.05) is 17.1 Å². The first-order valence-electron chi connectivity index (χ1n) is 6.13. The van der Waals surface area contributed by atoms with Gasteiger partial charge >= 0.3 is 0 Å². The molecule has 0 bridgehead atoms. The summed E-state index contributed by atoms with van der Waals surface area (Å²) in [5.41, 5.74) is 3.57. The second-order valence-corrected chi connectivity index (χ2v) is 6.04.